The Balaban J connectivity index is 2.90. The molecule has 0 fully saturated rings. The average Bonchev–Trinajstić information content (AvgIpc) is 2.37. The number of hydrogen-bond acceptors (Lipinski definition) is 3. The number of benzene rings is 1. The second kappa shape index (κ2) is 6.80. The van der Waals surface area contributed by atoms with Crippen molar-refractivity contribution in [3.8, 4) is 5.75 Å². The van der Waals surface area contributed by atoms with Crippen molar-refractivity contribution in [2.45, 2.75) is 18.4 Å². The summed E-state index contributed by atoms with van der Waals surface area (Å²) in [6.45, 7) is 1.17. The van der Waals surface area contributed by atoms with Crippen molar-refractivity contribution < 1.29 is 26.3 Å². The van der Waals surface area contributed by atoms with E-state index in [-0.39, 0.29) is 23.9 Å². The van der Waals surface area contributed by atoms with Crippen LogP contribution in [0.4, 0.5) is 13.2 Å². The van der Waals surface area contributed by atoms with Crippen LogP contribution in [-0.4, -0.2) is 26.5 Å². The predicted octanol–water partition coefficient (Wildman–Crippen LogP) is 3.41. The van der Waals surface area contributed by atoms with Gasteiger partial charge >= 0.3 is 6.18 Å². The first-order valence-corrected chi connectivity index (χ1v) is 8.73. The Kier molecular flexibility index (Phi) is 5.88. The second-order valence-corrected chi connectivity index (χ2v) is 7.08. The summed E-state index contributed by atoms with van der Waals surface area (Å²) in [5.41, 5.74) is -0.436. The Morgan fingerprint density at radius 1 is 1.30 bits per heavy atom. The van der Waals surface area contributed by atoms with Gasteiger partial charge in [-0.25, -0.2) is 8.42 Å². The van der Waals surface area contributed by atoms with E-state index in [2.05, 4.69) is 15.9 Å². The molecule has 0 bridgehead atoms. The molecule has 1 aromatic rings. The summed E-state index contributed by atoms with van der Waals surface area (Å²) in [6.07, 6.45) is -4.54. The Bertz CT molecular complexity index is 556. The van der Waals surface area contributed by atoms with Gasteiger partial charge in [0.15, 0.2) is 9.84 Å². The van der Waals surface area contributed by atoms with Crippen LogP contribution < -0.4 is 4.74 Å². The standard InChI is InChI=1S/C12H14BrF3O3S/c1-2-20(17,18)6-5-19-11-4-3-9(8-13)7-10(11)12(14,15)16/h3-4,7H,2,5-6,8H2,1H3. The SMILES string of the molecule is CCS(=O)(=O)CCOc1ccc(CBr)cc1C(F)(F)F. The van der Waals surface area contributed by atoms with Gasteiger partial charge in [0.1, 0.15) is 12.4 Å². The number of halogens is 4. The van der Waals surface area contributed by atoms with Crippen molar-refractivity contribution >= 4 is 25.8 Å². The van der Waals surface area contributed by atoms with Crippen molar-refractivity contribution in [1.29, 1.82) is 0 Å². The molecule has 0 saturated heterocycles. The maximum Gasteiger partial charge on any atom is 0.419 e. The lowest BCUT2D eigenvalue weighted by atomic mass is 10.1. The summed E-state index contributed by atoms with van der Waals surface area (Å²) in [4.78, 5) is 0. The van der Waals surface area contributed by atoms with Crippen molar-refractivity contribution in [2.24, 2.45) is 0 Å². The monoisotopic (exact) mass is 374 g/mol. The smallest absolute Gasteiger partial charge is 0.419 e. The van der Waals surface area contributed by atoms with Gasteiger partial charge in [0.05, 0.1) is 11.3 Å². The lowest BCUT2D eigenvalue weighted by Crippen LogP contribution is -2.17. The van der Waals surface area contributed by atoms with Crippen LogP contribution in [0.1, 0.15) is 18.1 Å². The quantitative estimate of drug-likeness (QED) is 0.716. The molecule has 0 aromatic heterocycles. The third kappa shape index (κ3) is 4.97. The fourth-order valence-electron chi connectivity index (χ4n) is 1.43. The molecule has 0 spiro atoms. The van der Waals surface area contributed by atoms with Gasteiger partial charge in [-0.2, -0.15) is 13.2 Å². The van der Waals surface area contributed by atoms with E-state index in [1.165, 1.54) is 19.1 Å². The summed E-state index contributed by atoms with van der Waals surface area (Å²) < 4.78 is 66.1. The highest BCUT2D eigenvalue weighted by Gasteiger charge is 2.34. The molecule has 8 heteroatoms. The van der Waals surface area contributed by atoms with E-state index in [0.717, 1.165) is 6.07 Å². The predicted molar refractivity (Wildman–Crippen MR) is 73.9 cm³/mol. The van der Waals surface area contributed by atoms with Crippen LogP contribution in [0, 0.1) is 0 Å². The van der Waals surface area contributed by atoms with E-state index in [0.29, 0.717) is 10.9 Å². The molecule has 0 atom stereocenters. The Labute approximate surface area is 124 Å². The molecule has 0 saturated carbocycles. The zero-order valence-electron chi connectivity index (χ0n) is 10.7. The van der Waals surface area contributed by atoms with Crippen LogP contribution in [0.15, 0.2) is 18.2 Å². The third-order valence-corrected chi connectivity index (χ3v) is 4.91. The zero-order chi connectivity index (χ0) is 15.4. The van der Waals surface area contributed by atoms with Gasteiger partial charge in [-0.15, -0.1) is 0 Å². The summed E-state index contributed by atoms with van der Waals surface area (Å²) in [5, 5.41) is 0.292. The first-order valence-electron chi connectivity index (χ1n) is 5.79. The highest BCUT2D eigenvalue weighted by atomic mass is 79.9. The van der Waals surface area contributed by atoms with Gasteiger partial charge < -0.3 is 4.74 Å². The topological polar surface area (TPSA) is 43.4 Å². The van der Waals surface area contributed by atoms with E-state index in [1.54, 1.807) is 0 Å². The Hall–Kier alpha value is -0.760. The molecule has 0 N–H and O–H groups in total. The molecular formula is C12H14BrF3O3S. The summed E-state index contributed by atoms with van der Waals surface area (Å²) in [6, 6.07) is 3.68. The highest BCUT2D eigenvalue weighted by Crippen LogP contribution is 2.37. The van der Waals surface area contributed by atoms with Crippen LogP contribution >= 0.6 is 15.9 Å². The van der Waals surface area contributed by atoms with E-state index in [1.807, 2.05) is 0 Å². The van der Waals surface area contributed by atoms with Gasteiger partial charge in [0.25, 0.3) is 0 Å². The van der Waals surface area contributed by atoms with E-state index >= 15 is 0 Å². The van der Waals surface area contributed by atoms with Gasteiger partial charge in [0.2, 0.25) is 0 Å². The molecule has 0 aliphatic heterocycles. The highest BCUT2D eigenvalue weighted by molar-refractivity contribution is 9.08. The van der Waals surface area contributed by atoms with Crippen molar-refractivity contribution in [2.75, 3.05) is 18.1 Å². The number of sulfone groups is 1. The fourth-order valence-corrected chi connectivity index (χ4v) is 2.41. The number of alkyl halides is 4. The molecule has 3 nitrogen and oxygen atoms in total. The second-order valence-electron chi connectivity index (χ2n) is 4.05. The third-order valence-electron chi connectivity index (χ3n) is 2.60. The van der Waals surface area contributed by atoms with Gasteiger partial charge in [-0.05, 0) is 17.7 Å². The van der Waals surface area contributed by atoms with Crippen LogP contribution in [0.2, 0.25) is 0 Å². The van der Waals surface area contributed by atoms with Crippen molar-refractivity contribution in [1.82, 2.24) is 0 Å². The molecule has 20 heavy (non-hydrogen) atoms. The first kappa shape index (κ1) is 17.3. The van der Waals surface area contributed by atoms with Crippen LogP contribution in [-0.2, 0) is 21.3 Å². The lowest BCUT2D eigenvalue weighted by Gasteiger charge is -2.15. The van der Waals surface area contributed by atoms with E-state index < -0.39 is 21.6 Å². The molecule has 1 aromatic carbocycles. The first-order chi connectivity index (χ1) is 9.19. The average molecular weight is 375 g/mol. The molecular weight excluding hydrogens is 361 g/mol. The number of ether oxygens (including phenoxy) is 1. The van der Waals surface area contributed by atoms with Gasteiger partial charge in [0, 0.05) is 11.1 Å². The minimum absolute atomic E-state index is 0.0645. The van der Waals surface area contributed by atoms with E-state index in [4.69, 9.17) is 4.74 Å². The minimum Gasteiger partial charge on any atom is -0.492 e. The minimum atomic E-state index is -4.54. The maximum atomic E-state index is 12.9. The van der Waals surface area contributed by atoms with Crippen molar-refractivity contribution in [3.05, 3.63) is 29.3 Å². The zero-order valence-corrected chi connectivity index (χ0v) is 13.1. The molecule has 1 rings (SSSR count). The number of hydrogen-bond donors (Lipinski definition) is 0. The molecule has 0 heterocycles. The number of rotatable bonds is 6. The van der Waals surface area contributed by atoms with Gasteiger partial charge in [-0.3, -0.25) is 0 Å². The Morgan fingerprint density at radius 2 is 1.95 bits per heavy atom. The molecule has 114 valence electrons. The Morgan fingerprint density at radius 3 is 2.45 bits per heavy atom. The lowest BCUT2D eigenvalue weighted by molar-refractivity contribution is -0.138. The van der Waals surface area contributed by atoms with Gasteiger partial charge in [-0.1, -0.05) is 28.9 Å². The van der Waals surface area contributed by atoms with Crippen LogP contribution in [0.5, 0.6) is 5.75 Å². The van der Waals surface area contributed by atoms with Crippen LogP contribution in [0.25, 0.3) is 0 Å². The van der Waals surface area contributed by atoms with E-state index in [9.17, 15) is 21.6 Å². The largest absolute Gasteiger partial charge is 0.492 e. The van der Waals surface area contributed by atoms with Crippen LogP contribution in [0.3, 0.4) is 0 Å². The molecule has 0 amide bonds. The maximum absolute atomic E-state index is 12.9. The summed E-state index contributed by atoms with van der Waals surface area (Å²) in [7, 11) is -3.26. The normalized spacial score (nSPS) is 12.4. The fraction of sp³-hybridized carbons (Fsp3) is 0.500. The molecule has 0 aliphatic rings. The summed E-state index contributed by atoms with van der Waals surface area (Å²) in [5.74, 6) is -0.722. The summed E-state index contributed by atoms with van der Waals surface area (Å²) >= 11 is 3.08. The molecule has 0 aliphatic carbocycles. The molecule has 0 radical (unpaired) electrons. The molecule has 0 unspecified atom stereocenters. The van der Waals surface area contributed by atoms with Crippen molar-refractivity contribution in [3.63, 3.8) is 0 Å².